The number of sulfonamides is 1. The number of halogens is 1. The van der Waals surface area contributed by atoms with E-state index in [1.165, 1.54) is 35.6 Å². The number of hydrogen-bond donors (Lipinski definition) is 1. The molecule has 0 bridgehead atoms. The largest absolute Gasteiger partial charge is 0.348 e. The van der Waals surface area contributed by atoms with E-state index in [1.54, 1.807) is 36.8 Å². The van der Waals surface area contributed by atoms with Crippen LogP contribution in [0.2, 0.25) is 5.02 Å². The zero-order valence-electron chi connectivity index (χ0n) is 17.7. The molecule has 0 aliphatic heterocycles. The summed E-state index contributed by atoms with van der Waals surface area (Å²) in [5.74, 6) is -0.247. The zero-order valence-corrected chi connectivity index (χ0v) is 19.3. The Morgan fingerprint density at radius 1 is 1.00 bits per heavy atom. The van der Waals surface area contributed by atoms with Crippen molar-refractivity contribution in [1.29, 1.82) is 0 Å². The van der Waals surface area contributed by atoms with Crippen molar-refractivity contribution in [3.8, 4) is 5.69 Å². The third-order valence-corrected chi connectivity index (χ3v) is 7.21. The molecule has 0 aliphatic carbocycles. The number of amides is 1. The third-order valence-electron chi connectivity index (χ3n) is 5.16. The fourth-order valence-electron chi connectivity index (χ4n) is 3.21. The van der Waals surface area contributed by atoms with E-state index >= 15 is 0 Å². The van der Waals surface area contributed by atoms with Crippen LogP contribution in [-0.2, 0) is 16.6 Å². The maximum Gasteiger partial charge on any atom is 0.264 e. The highest BCUT2D eigenvalue weighted by Gasteiger charge is 2.21. The minimum Gasteiger partial charge on any atom is -0.348 e. The first-order valence-electron chi connectivity index (χ1n) is 10.0. The molecule has 7 nitrogen and oxygen atoms in total. The molecule has 1 amide bonds. The van der Waals surface area contributed by atoms with Crippen LogP contribution < -0.4 is 9.62 Å². The van der Waals surface area contributed by atoms with Gasteiger partial charge in [-0.2, -0.15) is 0 Å². The Balaban J connectivity index is 1.39. The molecule has 0 fully saturated rings. The highest BCUT2D eigenvalue weighted by Crippen LogP contribution is 2.23. The molecule has 0 unspecified atom stereocenters. The number of aromatic nitrogens is 2. The highest BCUT2D eigenvalue weighted by molar-refractivity contribution is 7.92. The average Bonchev–Trinajstić information content (AvgIpc) is 3.38. The van der Waals surface area contributed by atoms with Gasteiger partial charge in [0.2, 0.25) is 0 Å². The third kappa shape index (κ3) is 5.08. The van der Waals surface area contributed by atoms with E-state index in [-0.39, 0.29) is 10.8 Å². The minimum absolute atomic E-state index is 0.135. The molecule has 9 heteroatoms. The predicted molar refractivity (Wildman–Crippen MR) is 128 cm³/mol. The Bertz CT molecular complexity index is 1340. The van der Waals surface area contributed by atoms with Crippen LogP contribution in [0.3, 0.4) is 0 Å². The predicted octanol–water partition coefficient (Wildman–Crippen LogP) is 4.28. The first kappa shape index (κ1) is 22.6. The second-order valence-corrected chi connectivity index (χ2v) is 9.70. The van der Waals surface area contributed by atoms with Crippen LogP contribution in [0.15, 0.2) is 96.4 Å². The van der Waals surface area contributed by atoms with E-state index in [2.05, 4.69) is 10.3 Å². The first-order valence-corrected chi connectivity index (χ1v) is 11.9. The van der Waals surface area contributed by atoms with E-state index < -0.39 is 10.0 Å². The molecule has 0 atom stereocenters. The molecule has 1 aromatic heterocycles. The van der Waals surface area contributed by atoms with Gasteiger partial charge in [-0.15, -0.1) is 0 Å². The summed E-state index contributed by atoms with van der Waals surface area (Å²) in [6.07, 6.45) is 5.29. The van der Waals surface area contributed by atoms with E-state index in [0.29, 0.717) is 22.8 Å². The quantitative estimate of drug-likeness (QED) is 0.428. The van der Waals surface area contributed by atoms with Gasteiger partial charge in [0.1, 0.15) is 0 Å². The molecule has 1 N–H and O–H groups in total. The van der Waals surface area contributed by atoms with Crippen LogP contribution in [0, 0.1) is 0 Å². The number of rotatable bonds is 7. The zero-order chi connectivity index (χ0) is 23.4. The lowest BCUT2D eigenvalue weighted by Crippen LogP contribution is -2.27. The Labute approximate surface area is 197 Å². The van der Waals surface area contributed by atoms with Crippen LogP contribution >= 0.6 is 11.6 Å². The van der Waals surface area contributed by atoms with Crippen molar-refractivity contribution in [2.24, 2.45) is 0 Å². The maximum absolute atomic E-state index is 12.8. The van der Waals surface area contributed by atoms with Crippen molar-refractivity contribution in [3.05, 3.63) is 108 Å². The van der Waals surface area contributed by atoms with Crippen LogP contribution in [-0.4, -0.2) is 30.9 Å². The molecule has 0 saturated heterocycles. The number of carbonyl (C=O) groups excluding carboxylic acids is 1. The lowest BCUT2D eigenvalue weighted by molar-refractivity contribution is 0.0951. The van der Waals surface area contributed by atoms with Gasteiger partial charge < -0.3 is 9.88 Å². The van der Waals surface area contributed by atoms with Gasteiger partial charge in [-0.25, -0.2) is 13.4 Å². The van der Waals surface area contributed by atoms with Crippen LogP contribution in [0.5, 0.6) is 0 Å². The Kier molecular flexibility index (Phi) is 6.48. The summed E-state index contributed by atoms with van der Waals surface area (Å²) in [5, 5.41) is 3.34. The molecule has 3 aromatic carbocycles. The standard InChI is InChI=1S/C24H21ClN4O3S/c1-28(33(31,32)23-12-6-20(25)7-13-23)21-10-4-19(5-11-21)24(30)27-16-18-2-8-22(9-3-18)29-15-14-26-17-29/h2-15,17H,16H2,1H3,(H,27,30). The fraction of sp³-hybridized carbons (Fsp3) is 0.0833. The number of anilines is 1. The second kappa shape index (κ2) is 9.48. The van der Waals surface area contributed by atoms with Gasteiger partial charge in [-0.1, -0.05) is 23.7 Å². The molecular formula is C24H21ClN4O3S. The van der Waals surface area contributed by atoms with Crippen LogP contribution in [0.4, 0.5) is 5.69 Å². The van der Waals surface area contributed by atoms with E-state index in [0.717, 1.165) is 11.3 Å². The summed E-state index contributed by atoms with van der Waals surface area (Å²) in [5.41, 5.74) is 2.82. The maximum atomic E-state index is 12.8. The number of benzene rings is 3. The molecule has 4 aromatic rings. The Morgan fingerprint density at radius 3 is 2.27 bits per heavy atom. The van der Waals surface area contributed by atoms with Gasteiger partial charge in [0.15, 0.2) is 0 Å². The molecule has 4 rings (SSSR count). The smallest absolute Gasteiger partial charge is 0.264 e. The molecule has 1 heterocycles. The average molecular weight is 481 g/mol. The number of imidazole rings is 1. The van der Waals surface area contributed by atoms with Gasteiger partial charge in [0, 0.05) is 42.3 Å². The molecule has 0 spiro atoms. The monoisotopic (exact) mass is 480 g/mol. The van der Waals surface area contributed by atoms with Crippen LogP contribution in [0.25, 0.3) is 5.69 Å². The Hall–Kier alpha value is -3.62. The summed E-state index contributed by atoms with van der Waals surface area (Å²) in [6.45, 7) is 0.371. The normalized spacial score (nSPS) is 11.2. The van der Waals surface area contributed by atoms with Gasteiger partial charge >= 0.3 is 0 Å². The molecule has 0 aliphatic rings. The van der Waals surface area contributed by atoms with Gasteiger partial charge in [0.25, 0.3) is 15.9 Å². The number of carbonyl (C=O) groups is 1. The first-order chi connectivity index (χ1) is 15.8. The molecule has 168 valence electrons. The number of hydrogen-bond acceptors (Lipinski definition) is 4. The van der Waals surface area contributed by atoms with E-state index in [9.17, 15) is 13.2 Å². The topological polar surface area (TPSA) is 84.3 Å². The molecule has 0 radical (unpaired) electrons. The van der Waals surface area contributed by atoms with Gasteiger partial charge in [-0.05, 0) is 66.2 Å². The molecule has 0 saturated carbocycles. The highest BCUT2D eigenvalue weighted by atomic mass is 35.5. The SMILES string of the molecule is CN(c1ccc(C(=O)NCc2ccc(-n3ccnc3)cc2)cc1)S(=O)(=O)c1ccc(Cl)cc1. The summed E-state index contributed by atoms with van der Waals surface area (Å²) in [7, 11) is -2.27. The fourth-order valence-corrected chi connectivity index (χ4v) is 4.53. The summed E-state index contributed by atoms with van der Waals surface area (Å²) < 4.78 is 28.7. The van der Waals surface area contributed by atoms with Crippen molar-refractivity contribution >= 4 is 33.2 Å². The van der Waals surface area contributed by atoms with Crippen molar-refractivity contribution in [2.45, 2.75) is 11.4 Å². The Morgan fingerprint density at radius 2 is 1.67 bits per heavy atom. The van der Waals surface area contributed by atoms with E-state index in [1.807, 2.05) is 35.0 Å². The lowest BCUT2D eigenvalue weighted by Gasteiger charge is -2.20. The number of nitrogens with zero attached hydrogens (tertiary/aromatic N) is 3. The molecule has 33 heavy (non-hydrogen) atoms. The van der Waals surface area contributed by atoms with Crippen molar-refractivity contribution < 1.29 is 13.2 Å². The van der Waals surface area contributed by atoms with Crippen molar-refractivity contribution in [1.82, 2.24) is 14.9 Å². The second-order valence-electron chi connectivity index (χ2n) is 7.29. The summed E-state index contributed by atoms with van der Waals surface area (Å²) >= 11 is 5.85. The summed E-state index contributed by atoms with van der Waals surface area (Å²) in [4.78, 5) is 16.7. The van der Waals surface area contributed by atoms with E-state index in [4.69, 9.17) is 11.6 Å². The lowest BCUT2D eigenvalue weighted by atomic mass is 10.1. The van der Waals surface area contributed by atoms with Crippen molar-refractivity contribution in [3.63, 3.8) is 0 Å². The minimum atomic E-state index is -3.74. The van der Waals surface area contributed by atoms with Crippen LogP contribution in [0.1, 0.15) is 15.9 Å². The summed E-state index contributed by atoms with van der Waals surface area (Å²) in [6, 6.07) is 20.2. The van der Waals surface area contributed by atoms with Gasteiger partial charge in [0.05, 0.1) is 16.9 Å². The van der Waals surface area contributed by atoms with Crippen molar-refractivity contribution in [2.75, 3.05) is 11.4 Å². The number of nitrogens with one attached hydrogen (secondary N) is 1. The van der Waals surface area contributed by atoms with Gasteiger partial charge in [-0.3, -0.25) is 9.10 Å². The molecular weight excluding hydrogens is 460 g/mol.